The van der Waals surface area contributed by atoms with E-state index in [0.717, 1.165) is 24.3 Å². The number of nitrogens with zero attached hydrogens (tertiary/aromatic N) is 4. The molecule has 10 heteroatoms. The van der Waals surface area contributed by atoms with E-state index >= 15 is 0 Å². The van der Waals surface area contributed by atoms with Crippen molar-refractivity contribution in [2.24, 2.45) is 10.1 Å². The van der Waals surface area contributed by atoms with Gasteiger partial charge in [0.2, 0.25) is 6.19 Å². The highest BCUT2D eigenvalue weighted by Crippen LogP contribution is 2.36. The van der Waals surface area contributed by atoms with E-state index in [-0.39, 0.29) is 11.1 Å². The van der Waals surface area contributed by atoms with Crippen molar-refractivity contribution in [2.45, 2.75) is 0 Å². The number of nitriles is 1. The first-order valence-corrected chi connectivity index (χ1v) is 12.9. The Hall–Kier alpha value is -6.00. The van der Waals surface area contributed by atoms with Gasteiger partial charge in [-0.25, -0.2) is 26.3 Å². The van der Waals surface area contributed by atoms with E-state index < -0.39 is 34.9 Å². The lowest BCUT2D eigenvalue weighted by atomic mass is 10.0. The van der Waals surface area contributed by atoms with E-state index in [4.69, 9.17) is 6.57 Å². The van der Waals surface area contributed by atoms with Gasteiger partial charge in [-0.05, 0) is 92.3 Å². The van der Waals surface area contributed by atoms with Gasteiger partial charge >= 0.3 is 0 Å². The monoisotopic (exact) mass is 590 g/mol. The fraction of sp³-hybridized carbons (Fsp3) is 0. The summed E-state index contributed by atoms with van der Waals surface area (Å²) in [4.78, 5) is 7.26. The number of hydrogen-bond acceptors (Lipinski definition) is 3. The zero-order valence-electron chi connectivity index (χ0n) is 22.0. The molecule has 0 aliphatic heterocycles. The van der Waals surface area contributed by atoms with E-state index in [1.807, 2.05) is 0 Å². The van der Waals surface area contributed by atoms with E-state index in [2.05, 4.69) is 15.0 Å². The van der Waals surface area contributed by atoms with Gasteiger partial charge in [-0.2, -0.15) is 16.8 Å². The third kappa shape index (κ3) is 3.92. The van der Waals surface area contributed by atoms with Crippen molar-refractivity contribution in [1.29, 1.82) is 5.26 Å². The lowest BCUT2D eigenvalue weighted by Gasteiger charge is -2.04. The van der Waals surface area contributed by atoms with Crippen LogP contribution in [-0.4, -0.2) is 0 Å². The van der Waals surface area contributed by atoms with Crippen LogP contribution in [0.25, 0.3) is 70.3 Å². The number of rotatable bonds is 2. The van der Waals surface area contributed by atoms with Crippen molar-refractivity contribution in [3.63, 3.8) is 0 Å². The van der Waals surface area contributed by atoms with Crippen LogP contribution in [0.1, 0.15) is 0 Å². The van der Waals surface area contributed by atoms with Gasteiger partial charge in [-0.1, -0.05) is 24.3 Å². The molecule has 0 heterocycles. The van der Waals surface area contributed by atoms with Crippen molar-refractivity contribution in [3.05, 3.63) is 130 Å². The van der Waals surface area contributed by atoms with Gasteiger partial charge in [0.05, 0.1) is 10.5 Å². The molecule has 0 spiro atoms. The van der Waals surface area contributed by atoms with Crippen LogP contribution in [0.3, 0.4) is 0 Å². The quantitative estimate of drug-likeness (QED) is 0.0656. The molecule has 0 saturated carbocycles. The third-order valence-corrected chi connectivity index (χ3v) is 7.74. The van der Waals surface area contributed by atoms with Gasteiger partial charge in [-0.15, -0.1) is 4.95 Å². The standard InChI is InChI=1S/C34H12F6N4/c1-42-44-34-24-7-16(18-10-29(37)32(40)30(38)11-18)3-5-20(24)22-12-25-21(13-26(22)34)19-4-2-15(6-23(19)33(25)43-14-41)17-8-27(35)31(39)28(36)9-17/h2-13H/b43-33+,44-34+. The maximum atomic E-state index is 14.0. The fourth-order valence-corrected chi connectivity index (χ4v) is 5.81. The van der Waals surface area contributed by atoms with Crippen molar-refractivity contribution in [3.8, 4) is 28.4 Å². The average Bonchev–Trinajstić information content (AvgIpc) is 3.48. The highest BCUT2D eigenvalue weighted by atomic mass is 19.2. The first-order valence-electron chi connectivity index (χ1n) is 12.9. The number of fused-ring (bicyclic) bond motifs is 6. The molecule has 0 bridgehead atoms. The van der Waals surface area contributed by atoms with E-state index in [9.17, 15) is 31.6 Å². The first-order chi connectivity index (χ1) is 21.2. The Balaban J connectivity index is 1.52. The molecule has 0 unspecified atom stereocenters. The highest BCUT2D eigenvalue weighted by Gasteiger charge is 2.19. The van der Waals surface area contributed by atoms with Crippen molar-refractivity contribution in [1.82, 2.24) is 0 Å². The summed E-state index contributed by atoms with van der Waals surface area (Å²) in [5.74, 6) is -8.51. The number of benzene rings is 5. The van der Waals surface area contributed by atoms with Crippen LogP contribution < -0.4 is 10.7 Å². The maximum absolute atomic E-state index is 14.0. The van der Waals surface area contributed by atoms with Gasteiger partial charge in [0.1, 0.15) is 0 Å². The summed E-state index contributed by atoms with van der Waals surface area (Å²) in [7, 11) is 0. The minimum atomic E-state index is -1.58. The smallest absolute Gasteiger partial charge is 0.204 e. The molecule has 0 aromatic heterocycles. The van der Waals surface area contributed by atoms with Crippen LogP contribution in [0.2, 0.25) is 0 Å². The lowest BCUT2D eigenvalue weighted by molar-refractivity contribution is 0.447. The van der Waals surface area contributed by atoms with Gasteiger partial charge in [0, 0.05) is 21.5 Å². The fourth-order valence-electron chi connectivity index (χ4n) is 5.81. The predicted octanol–water partition coefficient (Wildman–Crippen LogP) is 8.46. The van der Waals surface area contributed by atoms with Gasteiger partial charge in [0.25, 0.3) is 0 Å². The summed E-state index contributed by atoms with van der Waals surface area (Å²) in [5.41, 5.74) is 0.933. The van der Waals surface area contributed by atoms with Crippen molar-refractivity contribution < 1.29 is 26.3 Å². The minimum absolute atomic E-state index is 0.0936. The molecule has 7 aromatic carbocycles. The molecule has 0 fully saturated rings. The summed E-state index contributed by atoms with van der Waals surface area (Å²) in [6, 6.07) is 16.9. The molecule has 0 atom stereocenters. The second-order valence-corrected chi connectivity index (χ2v) is 10.1. The average molecular weight is 590 g/mol. The Bertz CT molecular complexity index is 2370. The Kier molecular flexibility index (Phi) is 5.98. The predicted molar refractivity (Wildman–Crippen MR) is 153 cm³/mol. The molecule has 0 saturated heterocycles. The molecule has 210 valence electrons. The molecule has 44 heavy (non-hydrogen) atoms. The molecule has 4 nitrogen and oxygen atoms in total. The second kappa shape index (κ2) is 9.79. The topological polar surface area (TPSA) is 52.9 Å². The zero-order valence-corrected chi connectivity index (χ0v) is 22.0. The molecular weight excluding hydrogens is 578 g/mol. The first kappa shape index (κ1) is 26.9. The SMILES string of the molecule is [C-]#[N+]/N=c1\c2cc(-c3cc(F)c(F)c(F)c3)ccc2c2cc3/c(=N/C#N)c4cc(-c5cc(F)c(F)c(F)c5)ccc4c3cc12. The van der Waals surface area contributed by atoms with Crippen LogP contribution >= 0.6 is 0 Å². The van der Waals surface area contributed by atoms with Crippen LogP contribution in [0, 0.1) is 52.9 Å². The Morgan fingerprint density at radius 3 is 1.34 bits per heavy atom. The summed E-state index contributed by atoms with van der Waals surface area (Å²) in [6.07, 6.45) is 1.80. The lowest BCUT2D eigenvalue weighted by Crippen LogP contribution is -1.99. The Labute approximate surface area is 243 Å². The summed E-state index contributed by atoms with van der Waals surface area (Å²) >= 11 is 0. The van der Waals surface area contributed by atoms with Gasteiger partial charge < -0.3 is 0 Å². The van der Waals surface area contributed by atoms with Crippen LogP contribution in [-0.2, 0) is 0 Å². The van der Waals surface area contributed by atoms with E-state index in [1.165, 1.54) is 0 Å². The van der Waals surface area contributed by atoms with Crippen molar-refractivity contribution >= 4 is 43.1 Å². The number of halogens is 6. The molecule has 0 radical (unpaired) electrons. The van der Waals surface area contributed by atoms with Gasteiger partial charge in [-0.3, -0.25) is 0 Å². The largest absolute Gasteiger partial charge is 0.206 e. The third-order valence-electron chi connectivity index (χ3n) is 7.74. The molecule has 7 rings (SSSR count). The zero-order chi connectivity index (χ0) is 30.9. The van der Waals surface area contributed by atoms with Crippen LogP contribution in [0.4, 0.5) is 26.3 Å². The highest BCUT2D eigenvalue weighted by molar-refractivity contribution is 6.21. The minimum Gasteiger partial charge on any atom is -0.204 e. The van der Waals surface area contributed by atoms with Crippen LogP contribution in [0.15, 0.2) is 82.9 Å². The normalized spacial score (nSPS) is 12.5. The van der Waals surface area contributed by atoms with Crippen LogP contribution in [0.5, 0.6) is 0 Å². The Morgan fingerprint density at radius 1 is 0.500 bits per heavy atom. The number of hydrogen-bond donors (Lipinski definition) is 0. The second-order valence-electron chi connectivity index (χ2n) is 10.1. The molecule has 0 aliphatic rings. The molecular formula is C34H12F6N4. The Morgan fingerprint density at radius 2 is 0.909 bits per heavy atom. The molecule has 7 aromatic rings. The maximum Gasteiger partial charge on any atom is 0.206 e. The van der Waals surface area contributed by atoms with E-state index in [1.54, 1.807) is 54.7 Å². The van der Waals surface area contributed by atoms with E-state index in [0.29, 0.717) is 64.9 Å². The van der Waals surface area contributed by atoms with Crippen molar-refractivity contribution in [2.75, 3.05) is 0 Å². The molecule has 0 amide bonds. The van der Waals surface area contributed by atoms with Gasteiger partial charge in [0.15, 0.2) is 40.3 Å². The summed E-state index contributed by atoms with van der Waals surface area (Å²) in [6.45, 7) is 7.42. The molecule has 0 aliphatic carbocycles. The summed E-state index contributed by atoms with van der Waals surface area (Å²) in [5, 5.41) is 18.9. The summed E-state index contributed by atoms with van der Waals surface area (Å²) < 4.78 is 83.1. The molecule has 0 N–H and O–H groups in total.